The number of methoxy groups -OCH3 is 1. The third kappa shape index (κ3) is 4.21. The van der Waals surface area contributed by atoms with Gasteiger partial charge < -0.3 is 19.5 Å². The average molecular weight is 343 g/mol. The summed E-state index contributed by atoms with van der Waals surface area (Å²) in [6.07, 6.45) is 3.44. The Bertz CT molecular complexity index is 735. The Balaban J connectivity index is 2.20. The second-order valence-corrected chi connectivity index (χ2v) is 5.74. The highest BCUT2D eigenvalue weighted by Crippen LogP contribution is 2.27. The Morgan fingerprint density at radius 3 is 2.52 bits per heavy atom. The molecule has 6 nitrogen and oxygen atoms in total. The largest absolute Gasteiger partial charge is 0.497 e. The van der Waals surface area contributed by atoms with Gasteiger partial charge in [-0.2, -0.15) is 0 Å². The summed E-state index contributed by atoms with van der Waals surface area (Å²) in [5.74, 6) is 0.473. The zero-order valence-electron chi connectivity index (χ0n) is 15.2. The van der Waals surface area contributed by atoms with E-state index < -0.39 is 0 Å². The van der Waals surface area contributed by atoms with Gasteiger partial charge in [0.1, 0.15) is 5.75 Å². The van der Waals surface area contributed by atoms with Crippen molar-refractivity contribution in [2.24, 2.45) is 0 Å². The molecule has 0 unspecified atom stereocenters. The van der Waals surface area contributed by atoms with E-state index in [1.54, 1.807) is 31.5 Å². The molecule has 2 rings (SSSR count). The number of aromatic amines is 1. The summed E-state index contributed by atoms with van der Waals surface area (Å²) in [7, 11) is 3.25. The Labute approximate surface area is 148 Å². The molecule has 1 heterocycles. The van der Waals surface area contributed by atoms with Crippen molar-refractivity contribution in [2.45, 2.75) is 13.8 Å². The third-order valence-corrected chi connectivity index (χ3v) is 4.19. The number of hydrogen-bond donors (Lipinski definition) is 1. The minimum atomic E-state index is -0.195. The third-order valence-electron chi connectivity index (χ3n) is 4.19. The lowest BCUT2D eigenvalue weighted by molar-refractivity contribution is -0.131. The molecule has 0 bridgehead atoms. The summed E-state index contributed by atoms with van der Waals surface area (Å²) in [5.41, 5.74) is 2.20. The van der Waals surface area contributed by atoms with Crippen LogP contribution in [0.4, 0.5) is 0 Å². The van der Waals surface area contributed by atoms with Gasteiger partial charge in [0, 0.05) is 38.1 Å². The summed E-state index contributed by atoms with van der Waals surface area (Å²) in [4.78, 5) is 31.2. The number of carbonyl (C=O) groups excluding carboxylic acids is 2. The average Bonchev–Trinajstić information content (AvgIpc) is 3.11. The monoisotopic (exact) mass is 343 g/mol. The van der Waals surface area contributed by atoms with Gasteiger partial charge in [0.2, 0.25) is 5.91 Å². The van der Waals surface area contributed by atoms with Gasteiger partial charge in [-0.3, -0.25) is 9.59 Å². The van der Waals surface area contributed by atoms with Crippen molar-refractivity contribution in [1.29, 1.82) is 0 Å². The summed E-state index contributed by atoms with van der Waals surface area (Å²) >= 11 is 0. The Morgan fingerprint density at radius 2 is 1.88 bits per heavy atom. The molecule has 0 aliphatic rings. The molecule has 0 saturated heterocycles. The first-order valence-electron chi connectivity index (χ1n) is 8.36. The van der Waals surface area contributed by atoms with Crippen LogP contribution >= 0.6 is 0 Å². The van der Waals surface area contributed by atoms with Crippen LogP contribution in [0.1, 0.15) is 24.2 Å². The van der Waals surface area contributed by atoms with E-state index in [9.17, 15) is 9.59 Å². The molecule has 0 atom stereocenters. The summed E-state index contributed by atoms with van der Waals surface area (Å²) < 4.78 is 5.25. The van der Waals surface area contributed by atoms with Gasteiger partial charge in [-0.05, 0) is 31.5 Å². The number of carbonyl (C=O) groups is 2. The number of benzene rings is 1. The highest BCUT2D eigenvalue weighted by molar-refractivity contribution is 6.02. The molecule has 0 saturated carbocycles. The number of ether oxygens (including phenoxy) is 1. The van der Waals surface area contributed by atoms with E-state index >= 15 is 0 Å². The van der Waals surface area contributed by atoms with Gasteiger partial charge in [-0.25, -0.2) is 0 Å². The van der Waals surface area contributed by atoms with Crippen LogP contribution in [0.5, 0.6) is 5.75 Å². The highest BCUT2D eigenvalue weighted by Gasteiger charge is 2.21. The van der Waals surface area contributed by atoms with Gasteiger partial charge in [0.05, 0.1) is 19.2 Å². The predicted octanol–water partition coefficient (Wildman–Crippen LogP) is 2.63. The van der Waals surface area contributed by atoms with Gasteiger partial charge >= 0.3 is 0 Å². The van der Waals surface area contributed by atoms with Gasteiger partial charge in [-0.1, -0.05) is 12.1 Å². The first-order valence-corrected chi connectivity index (χ1v) is 8.36. The number of likely N-dealkylation sites (N-methyl/N-ethyl adjacent to an activating group) is 2. The normalized spacial score (nSPS) is 10.4. The number of H-pyrrole nitrogens is 1. The molecular weight excluding hydrogens is 318 g/mol. The van der Waals surface area contributed by atoms with E-state index in [1.807, 2.05) is 38.1 Å². The Kier molecular flexibility index (Phi) is 6.22. The summed E-state index contributed by atoms with van der Waals surface area (Å²) in [5, 5.41) is 0. The van der Waals surface area contributed by atoms with Gasteiger partial charge in [-0.15, -0.1) is 0 Å². The zero-order valence-corrected chi connectivity index (χ0v) is 15.2. The minimum absolute atomic E-state index is 0.0562. The predicted molar refractivity (Wildman–Crippen MR) is 97.7 cm³/mol. The summed E-state index contributed by atoms with van der Waals surface area (Å²) in [6.45, 7) is 5.18. The lowest BCUT2D eigenvalue weighted by Crippen LogP contribution is -2.41. The summed E-state index contributed by atoms with van der Waals surface area (Å²) in [6, 6.07) is 7.53. The maximum atomic E-state index is 12.8. The number of amides is 2. The van der Waals surface area contributed by atoms with Crippen LogP contribution in [0, 0.1) is 0 Å². The molecule has 6 heteroatoms. The van der Waals surface area contributed by atoms with Crippen LogP contribution < -0.4 is 4.74 Å². The van der Waals surface area contributed by atoms with E-state index in [4.69, 9.17) is 4.74 Å². The molecule has 0 radical (unpaired) electrons. The van der Waals surface area contributed by atoms with Crippen LogP contribution in [-0.2, 0) is 4.79 Å². The van der Waals surface area contributed by atoms with Crippen molar-refractivity contribution in [3.05, 3.63) is 42.2 Å². The number of hydrogen-bond acceptors (Lipinski definition) is 3. The van der Waals surface area contributed by atoms with E-state index in [-0.39, 0.29) is 18.4 Å². The smallest absolute Gasteiger partial charge is 0.256 e. The zero-order chi connectivity index (χ0) is 18.4. The molecule has 0 aliphatic carbocycles. The van der Waals surface area contributed by atoms with Crippen molar-refractivity contribution < 1.29 is 14.3 Å². The molecule has 25 heavy (non-hydrogen) atoms. The second kappa shape index (κ2) is 8.37. The van der Waals surface area contributed by atoms with Crippen molar-refractivity contribution >= 4 is 11.8 Å². The van der Waals surface area contributed by atoms with Crippen molar-refractivity contribution in [1.82, 2.24) is 14.8 Å². The van der Waals surface area contributed by atoms with Crippen molar-refractivity contribution in [3.8, 4) is 16.9 Å². The van der Waals surface area contributed by atoms with E-state index in [1.165, 1.54) is 4.90 Å². The van der Waals surface area contributed by atoms with Crippen LogP contribution in [0.2, 0.25) is 0 Å². The SMILES string of the molecule is CCN(CC)C(=O)CN(C)C(=O)c1c[nH]cc1-c1cccc(OC)c1. The fraction of sp³-hybridized carbons (Fsp3) is 0.368. The molecule has 1 N–H and O–H groups in total. The lowest BCUT2D eigenvalue weighted by Gasteiger charge is -2.23. The Hall–Kier alpha value is -2.76. The molecule has 0 spiro atoms. The van der Waals surface area contributed by atoms with Crippen molar-refractivity contribution in [2.75, 3.05) is 33.8 Å². The maximum Gasteiger partial charge on any atom is 0.256 e. The van der Waals surface area contributed by atoms with Crippen LogP contribution in [0.25, 0.3) is 11.1 Å². The topological polar surface area (TPSA) is 65.6 Å². The van der Waals surface area contributed by atoms with Gasteiger partial charge in [0.25, 0.3) is 5.91 Å². The first kappa shape index (κ1) is 18.6. The lowest BCUT2D eigenvalue weighted by atomic mass is 10.0. The number of aromatic nitrogens is 1. The molecule has 134 valence electrons. The molecule has 0 fully saturated rings. The van der Waals surface area contributed by atoms with E-state index in [0.717, 1.165) is 16.9 Å². The fourth-order valence-corrected chi connectivity index (χ4v) is 2.73. The standard InChI is InChI=1S/C19H25N3O3/c1-5-22(6-2)18(23)13-21(3)19(24)17-12-20-11-16(17)14-8-7-9-15(10-14)25-4/h7-12,20H,5-6,13H2,1-4H3. The molecule has 2 amide bonds. The molecule has 1 aromatic heterocycles. The molecular formula is C19H25N3O3. The fourth-order valence-electron chi connectivity index (χ4n) is 2.73. The quantitative estimate of drug-likeness (QED) is 0.840. The van der Waals surface area contributed by atoms with Gasteiger partial charge in [0.15, 0.2) is 0 Å². The van der Waals surface area contributed by atoms with E-state index in [2.05, 4.69) is 4.98 Å². The number of nitrogens with one attached hydrogen (secondary N) is 1. The minimum Gasteiger partial charge on any atom is -0.497 e. The molecule has 1 aromatic carbocycles. The van der Waals surface area contributed by atoms with Crippen LogP contribution in [0.15, 0.2) is 36.7 Å². The highest BCUT2D eigenvalue weighted by atomic mass is 16.5. The first-order chi connectivity index (χ1) is 12.0. The Morgan fingerprint density at radius 1 is 1.16 bits per heavy atom. The van der Waals surface area contributed by atoms with Crippen LogP contribution in [0.3, 0.4) is 0 Å². The van der Waals surface area contributed by atoms with E-state index in [0.29, 0.717) is 18.7 Å². The van der Waals surface area contributed by atoms with Crippen LogP contribution in [-0.4, -0.2) is 60.4 Å². The molecule has 2 aromatic rings. The molecule has 0 aliphatic heterocycles. The maximum absolute atomic E-state index is 12.8. The number of nitrogens with zero attached hydrogens (tertiary/aromatic N) is 2. The second-order valence-electron chi connectivity index (χ2n) is 5.74. The van der Waals surface area contributed by atoms with Crippen molar-refractivity contribution in [3.63, 3.8) is 0 Å². The number of rotatable bonds is 7.